The van der Waals surface area contributed by atoms with Crippen molar-refractivity contribution in [2.45, 2.75) is 13.5 Å². The molecule has 0 saturated carbocycles. The molecule has 0 saturated heterocycles. The van der Waals surface area contributed by atoms with Crippen molar-refractivity contribution in [2.24, 2.45) is 0 Å². The molecule has 7 heteroatoms. The summed E-state index contributed by atoms with van der Waals surface area (Å²) < 4.78 is 30.1. The normalized spacial score (nSPS) is 10.7. The number of aryl methyl sites for hydroxylation is 1. The van der Waals surface area contributed by atoms with Gasteiger partial charge in [-0.2, -0.15) is 5.10 Å². The minimum Gasteiger partial charge on any atom is -0.305 e. The largest absolute Gasteiger partial charge is 0.305 e. The molecule has 1 heterocycles. The third kappa shape index (κ3) is 4.04. The Labute approximate surface area is 157 Å². The van der Waals surface area contributed by atoms with Crippen molar-refractivity contribution in [1.29, 1.82) is 0 Å². The Morgan fingerprint density at radius 3 is 2.60 bits per heavy atom. The fourth-order valence-electron chi connectivity index (χ4n) is 2.42. The number of nitrogens with one attached hydrogen (secondary N) is 1. The van der Waals surface area contributed by atoms with Crippen molar-refractivity contribution in [1.82, 2.24) is 9.78 Å². The molecule has 0 fully saturated rings. The number of carbonyl (C=O) groups is 1. The van der Waals surface area contributed by atoms with Crippen molar-refractivity contribution in [2.75, 3.05) is 5.32 Å². The average molecular weight is 453 g/mol. The van der Waals surface area contributed by atoms with Gasteiger partial charge in [-0.25, -0.2) is 8.78 Å². The number of carbonyl (C=O) groups excluding carboxylic acids is 1. The van der Waals surface area contributed by atoms with Gasteiger partial charge in [-0.05, 0) is 64.9 Å². The van der Waals surface area contributed by atoms with E-state index in [2.05, 4.69) is 39.1 Å². The summed E-state index contributed by atoms with van der Waals surface area (Å²) in [7, 11) is 0. The first-order chi connectivity index (χ1) is 11.9. The number of anilines is 1. The van der Waals surface area contributed by atoms with E-state index < -0.39 is 23.1 Å². The molecular formula is C18H14F2IN3O. The van der Waals surface area contributed by atoms with Gasteiger partial charge in [0, 0.05) is 15.8 Å². The molecule has 1 amide bonds. The van der Waals surface area contributed by atoms with E-state index in [1.54, 1.807) is 16.9 Å². The second-order valence-corrected chi connectivity index (χ2v) is 6.77. The Morgan fingerprint density at radius 1 is 1.20 bits per heavy atom. The van der Waals surface area contributed by atoms with E-state index in [4.69, 9.17) is 0 Å². The quantitative estimate of drug-likeness (QED) is 0.597. The highest BCUT2D eigenvalue weighted by atomic mass is 127. The zero-order valence-electron chi connectivity index (χ0n) is 13.3. The summed E-state index contributed by atoms with van der Waals surface area (Å²) in [4.78, 5) is 12.1. The molecule has 128 valence electrons. The lowest BCUT2D eigenvalue weighted by Crippen LogP contribution is -2.16. The highest BCUT2D eigenvalue weighted by Crippen LogP contribution is 2.16. The molecule has 3 rings (SSSR count). The van der Waals surface area contributed by atoms with Crippen LogP contribution in [0.4, 0.5) is 14.6 Å². The fourth-order valence-corrected chi connectivity index (χ4v) is 3.07. The van der Waals surface area contributed by atoms with Gasteiger partial charge in [0.05, 0.1) is 6.54 Å². The van der Waals surface area contributed by atoms with E-state index in [0.29, 0.717) is 6.54 Å². The van der Waals surface area contributed by atoms with Gasteiger partial charge in [-0.3, -0.25) is 9.48 Å². The van der Waals surface area contributed by atoms with Gasteiger partial charge in [0.25, 0.3) is 5.91 Å². The monoisotopic (exact) mass is 453 g/mol. The molecule has 0 atom stereocenters. The standard InChI is InChI=1S/C18H14F2IN3O/c1-11-9-13(21)6-5-12(11)10-24-8-7-16(23-24)22-18(25)17-14(19)3-2-4-15(17)20/h2-9H,10H2,1H3,(H,22,23,25). The molecule has 0 unspecified atom stereocenters. The van der Waals surface area contributed by atoms with Crippen molar-refractivity contribution < 1.29 is 13.6 Å². The summed E-state index contributed by atoms with van der Waals surface area (Å²) in [6.45, 7) is 2.55. The van der Waals surface area contributed by atoms with Gasteiger partial charge in [-0.1, -0.05) is 12.1 Å². The van der Waals surface area contributed by atoms with Crippen molar-refractivity contribution >= 4 is 34.3 Å². The van der Waals surface area contributed by atoms with Gasteiger partial charge in [-0.15, -0.1) is 0 Å². The molecule has 0 radical (unpaired) electrons. The number of nitrogens with zero attached hydrogens (tertiary/aromatic N) is 2. The van der Waals surface area contributed by atoms with E-state index in [0.717, 1.165) is 26.8 Å². The maximum atomic E-state index is 13.6. The van der Waals surface area contributed by atoms with Crippen LogP contribution in [0.1, 0.15) is 21.5 Å². The Bertz CT molecular complexity index is 920. The lowest BCUT2D eigenvalue weighted by Gasteiger charge is -2.07. The number of amides is 1. The van der Waals surface area contributed by atoms with E-state index >= 15 is 0 Å². The number of halogens is 3. The third-order valence-corrected chi connectivity index (χ3v) is 4.38. The van der Waals surface area contributed by atoms with Gasteiger partial charge in [0.15, 0.2) is 5.82 Å². The molecule has 0 aliphatic heterocycles. The molecule has 3 aromatic rings. The predicted octanol–water partition coefficient (Wildman–Crippen LogP) is 4.37. The molecule has 0 spiro atoms. The Morgan fingerprint density at radius 2 is 1.92 bits per heavy atom. The van der Waals surface area contributed by atoms with E-state index in [-0.39, 0.29) is 5.82 Å². The van der Waals surface area contributed by atoms with Gasteiger partial charge in [0.2, 0.25) is 0 Å². The summed E-state index contributed by atoms with van der Waals surface area (Å²) >= 11 is 2.25. The summed E-state index contributed by atoms with van der Waals surface area (Å²) in [5.41, 5.74) is 1.62. The number of hydrogen-bond donors (Lipinski definition) is 1. The van der Waals surface area contributed by atoms with Crippen LogP contribution in [0.2, 0.25) is 0 Å². The van der Waals surface area contributed by atoms with E-state index in [1.165, 1.54) is 6.07 Å². The van der Waals surface area contributed by atoms with Crippen LogP contribution >= 0.6 is 22.6 Å². The van der Waals surface area contributed by atoms with Crippen LogP contribution in [0, 0.1) is 22.1 Å². The summed E-state index contributed by atoms with van der Waals surface area (Å²) in [5, 5.41) is 6.65. The molecule has 0 aliphatic rings. The molecule has 1 N–H and O–H groups in total. The lowest BCUT2D eigenvalue weighted by atomic mass is 10.1. The number of hydrogen-bond acceptors (Lipinski definition) is 2. The highest BCUT2D eigenvalue weighted by Gasteiger charge is 2.17. The minimum absolute atomic E-state index is 0.232. The van der Waals surface area contributed by atoms with Crippen molar-refractivity contribution in [3.63, 3.8) is 0 Å². The molecule has 4 nitrogen and oxygen atoms in total. The van der Waals surface area contributed by atoms with Crippen molar-refractivity contribution in [3.05, 3.63) is 80.6 Å². The van der Waals surface area contributed by atoms with Crippen LogP contribution in [0.25, 0.3) is 0 Å². The fraction of sp³-hybridized carbons (Fsp3) is 0.111. The molecule has 2 aromatic carbocycles. The molecule has 0 bridgehead atoms. The zero-order chi connectivity index (χ0) is 18.0. The Hall–Kier alpha value is -2.29. The van der Waals surface area contributed by atoms with E-state index in [1.807, 2.05) is 19.1 Å². The smallest absolute Gasteiger partial charge is 0.262 e. The maximum absolute atomic E-state index is 13.6. The topological polar surface area (TPSA) is 46.9 Å². The van der Waals surface area contributed by atoms with Crippen molar-refractivity contribution in [3.8, 4) is 0 Å². The van der Waals surface area contributed by atoms with Crippen LogP contribution in [0.5, 0.6) is 0 Å². The SMILES string of the molecule is Cc1cc(I)ccc1Cn1ccc(NC(=O)c2c(F)cccc2F)n1. The number of benzene rings is 2. The zero-order valence-corrected chi connectivity index (χ0v) is 15.4. The van der Waals surface area contributed by atoms with Gasteiger partial charge < -0.3 is 5.32 Å². The van der Waals surface area contributed by atoms with Crippen LogP contribution < -0.4 is 5.32 Å². The van der Waals surface area contributed by atoms with Crippen LogP contribution in [-0.4, -0.2) is 15.7 Å². The minimum atomic E-state index is -0.911. The summed E-state index contributed by atoms with van der Waals surface area (Å²) in [6.07, 6.45) is 1.70. The molecule has 1 aromatic heterocycles. The van der Waals surface area contributed by atoms with Crippen LogP contribution in [0.3, 0.4) is 0 Å². The first-order valence-corrected chi connectivity index (χ1v) is 8.56. The van der Waals surface area contributed by atoms with Crippen LogP contribution in [0.15, 0.2) is 48.7 Å². The predicted molar refractivity (Wildman–Crippen MR) is 99.5 cm³/mol. The molecular weight excluding hydrogens is 439 g/mol. The van der Waals surface area contributed by atoms with Gasteiger partial charge >= 0.3 is 0 Å². The lowest BCUT2D eigenvalue weighted by molar-refractivity contribution is 0.101. The summed E-state index contributed by atoms with van der Waals surface area (Å²) in [5.74, 6) is -2.46. The molecule has 25 heavy (non-hydrogen) atoms. The number of aromatic nitrogens is 2. The molecule has 0 aliphatic carbocycles. The summed E-state index contributed by atoms with van der Waals surface area (Å²) in [6, 6.07) is 11.0. The number of rotatable bonds is 4. The first-order valence-electron chi connectivity index (χ1n) is 7.48. The second-order valence-electron chi connectivity index (χ2n) is 5.52. The van der Waals surface area contributed by atoms with Gasteiger partial charge in [0.1, 0.15) is 17.2 Å². The maximum Gasteiger partial charge on any atom is 0.262 e. The first kappa shape index (κ1) is 17.5. The second kappa shape index (κ2) is 7.30. The van der Waals surface area contributed by atoms with E-state index in [9.17, 15) is 13.6 Å². The average Bonchev–Trinajstić information content (AvgIpc) is 2.97. The highest BCUT2D eigenvalue weighted by molar-refractivity contribution is 14.1. The third-order valence-electron chi connectivity index (χ3n) is 3.71. The Balaban J connectivity index is 1.74. The van der Waals surface area contributed by atoms with Crippen LogP contribution in [-0.2, 0) is 6.54 Å². The Kier molecular flexibility index (Phi) is 5.12.